The Morgan fingerprint density at radius 1 is 1.07 bits per heavy atom. The van der Waals surface area contributed by atoms with Gasteiger partial charge in [0.25, 0.3) is 0 Å². The van der Waals surface area contributed by atoms with Crippen molar-refractivity contribution in [3.63, 3.8) is 0 Å². The lowest BCUT2D eigenvalue weighted by atomic mass is 10.1. The molecule has 2 aliphatic heterocycles. The molecule has 0 saturated carbocycles. The maximum atomic E-state index is 5.77. The maximum Gasteiger partial charge on any atom is 0.225 e. The number of rotatable bonds is 5. The molecular formula is C21H32IN7O. The van der Waals surface area contributed by atoms with Gasteiger partial charge in [-0.3, -0.25) is 9.89 Å². The van der Waals surface area contributed by atoms with Gasteiger partial charge in [-0.25, -0.2) is 9.97 Å². The van der Waals surface area contributed by atoms with Gasteiger partial charge >= 0.3 is 0 Å². The van der Waals surface area contributed by atoms with Crippen molar-refractivity contribution < 1.29 is 4.42 Å². The molecule has 2 aromatic heterocycles. The molecule has 1 atom stereocenters. The number of piperazine rings is 1. The average Bonchev–Trinajstić information content (AvgIpc) is 3.33. The Kier molecular flexibility index (Phi) is 8.74. The molecular weight excluding hydrogens is 493 g/mol. The van der Waals surface area contributed by atoms with Crippen LogP contribution in [-0.2, 0) is 0 Å². The minimum absolute atomic E-state index is 0. The second-order valence-electron chi connectivity index (χ2n) is 7.58. The number of anilines is 1. The fourth-order valence-corrected chi connectivity index (χ4v) is 4.21. The highest BCUT2D eigenvalue weighted by Gasteiger charge is 2.26. The van der Waals surface area contributed by atoms with E-state index in [-0.39, 0.29) is 30.0 Å². The fourth-order valence-electron chi connectivity index (χ4n) is 4.21. The number of halogens is 1. The minimum atomic E-state index is 0. The van der Waals surface area contributed by atoms with Crippen LogP contribution in [0.2, 0.25) is 0 Å². The Labute approximate surface area is 195 Å². The summed E-state index contributed by atoms with van der Waals surface area (Å²) >= 11 is 0. The van der Waals surface area contributed by atoms with Crippen LogP contribution in [0.3, 0.4) is 0 Å². The second-order valence-corrected chi connectivity index (χ2v) is 7.58. The Hall–Kier alpha value is -1.88. The fraction of sp³-hybridized carbons (Fsp3) is 0.571. The number of nitrogens with one attached hydrogen (secondary N) is 1. The normalized spacial score (nSPS) is 19.3. The molecule has 2 saturated heterocycles. The number of hydrogen-bond donors (Lipinski definition) is 1. The minimum Gasteiger partial charge on any atom is -0.468 e. The molecule has 0 spiro atoms. The number of guanidine groups is 1. The summed E-state index contributed by atoms with van der Waals surface area (Å²) in [5.41, 5.74) is 0. The van der Waals surface area contributed by atoms with Crippen LogP contribution in [0.5, 0.6) is 0 Å². The van der Waals surface area contributed by atoms with E-state index >= 15 is 0 Å². The van der Waals surface area contributed by atoms with E-state index in [0.29, 0.717) is 0 Å². The predicted octanol–water partition coefficient (Wildman–Crippen LogP) is 2.61. The van der Waals surface area contributed by atoms with E-state index in [2.05, 4.69) is 41.0 Å². The Bertz CT molecular complexity index is 757. The van der Waals surface area contributed by atoms with Gasteiger partial charge in [-0.05, 0) is 44.1 Å². The summed E-state index contributed by atoms with van der Waals surface area (Å²) in [7, 11) is 1.86. The standard InChI is InChI=1S/C21H31N7O.HI/c1-22-20(27-12-14-28(15-13-27)21-23-8-6-9-24-21)25-17-18(19-7-5-16-29-19)26-10-3-2-4-11-26;/h5-9,16,18H,2-4,10-15,17H2,1H3,(H,22,25);1H. The van der Waals surface area contributed by atoms with Gasteiger partial charge in [-0.2, -0.15) is 0 Å². The molecule has 1 N–H and O–H groups in total. The number of likely N-dealkylation sites (tertiary alicyclic amines) is 1. The Morgan fingerprint density at radius 3 is 2.43 bits per heavy atom. The molecule has 30 heavy (non-hydrogen) atoms. The van der Waals surface area contributed by atoms with E-state index < -0.39 is 0 Å². The summed E-state index contributed by atoms with van der Waals surface area (Å²) in [5.74, 6) is 2.78. The lowest BCUT2D eigenvalue weighted by Gasteiger charge is -2.38. The first kappa shape index (κ1) is 22.8. The van der Waals surface area contributed by atoms with Gasteiger partial charge in [0.05, 0.1) is 12.3 Å². The summed E-state index contributed by atoms with van der Waals surface area (Å²) in [6.07, 6.45) is 9.21. The number of nitrogens with zero attached hydrogens (tertiary/aromatic N) is 6. The summed E-state index contributed by atoms with van der Waals surface area (Å²) < 4.78 is 5.77. The quantitative estimate of drug-likeness (QED) is 0.366. The molecule has 9 heteroatoms. The van der Waals surface area contributed by atoms with Crippen LogP contribution in [-0.4, -0.2) is 78.6 Å². The zero-order valence-electron chi connectivity index (χ0n) is 17.6. The van der Waals surface area contributed by atoms with Crippen LogP contribution >= 0.6 is 24.0 Å². The summed E-state index contributed by atoms with van der Waals surface area (Å²) in [6, 6.07) is 6.15. The first-order valence-corrected chi connectivity index (χ1v) is 10.6. The topological polar surface area (TPSA) is 73.0 Å². The third-order valence-corrected chi connectivity index (χ3v) is 5.78. The molecule has 1 unspecified atom stereocenters. The number of piperidine rings is 1. The van der Waals surface area contributed by atoms with Crippen LogP contribution < -0.4 is 10.2 Å². The van der Waals surface area contributed by atoms with Crippen molar-refractivity contribution in [3.05, 3.63) is 42.6 Å². The molecule has 0 aromatic carbocycles. The Morgan fingerprint density at radius 2 is 1.80 bits per heavy atom. The van der Waals surface area contributed by atoms with Crippen LogP contribution in [0.25, 0.3) is 0 Å². The van der Waals surface area contributed by atoms with E-state index in [1.807, 2.05) is 19.2 Å². The first-order chi connectivity index (χ1) is 14.3. The molecule has 2 aromatic rings. The van der Waals surface area contributed by atoms with Gasteiger partial charge < -0.3 is 19.5 Å². The van der Waals surface area contributed by atoms with Crippen molar-refractivity contribution >= 4 is 35.9 Å². The molecule has 4 rings (SSSR count). The van der Waals surface area contributed by atoms with Crippen LogP contribution in [0, 0.1) is 0 Å². The molecule has 0 bridgehead atoms. The molecule has 0 aliphatic carbocycles. The summed E-state index contributed by atoms with van der Waals surface area (Å²) in [5, 5.41) is 3.60. The van der Waals surface area contributed by atoms with Crippen molar-refractivity contribution in [3.8, 4) is 0 Å². The highest BCUT2D eigenvalue weighted by atomic mass is 127. The van der Waals surface area contributed by atoms with Crippen LogP contribution in [0.1, 0.15) is 31.1 Å². The third-order valence-electron chi connectivity index (χ3n) is 5.78. The predicted molar refractivity (Wildman–Crippen MR) is 129 cm³/mol. The van der Waals surface area contributed by atoms with Crippen molar-refractivity contribution in [2.24, 2.45) is 4.99 Å². The van der Waals surface area contributed by atoms with Gasteiger partial charge in [0.15, 0.2) is 5.96 Å². The summed E-state index contributed by atoms with van der Waals surface area (Å²) in [6.45, 7) is 6.61. The molecule has 8 nitrogen and oxygen atoms in total. The molecule has 0 amide bonds. The van der Waals surface area contributed by atoms with Gasteiger partial charge in [-0.1, -0.05) is 6.42 Å². The smallest absolute Gasteiger partial charge is 0.225 e. The highest BCUT2D eigenvalue weighted by Crippen LogP contribution is 2.24. The van der Waals surface area contributed by atoms with Crippen LogP contribution in [0.15, 0.2) is 46.3 Å². The molecule has 164 valence electrons. The van der Waals surface area contributed by atoms with Crippen molar-refractivity contribution in [1.29, 1.82) is 0 Å². The molecule has 2 fully saturated rings. The molecule has 2 aliphatic rings. The monoisotopic (exact) mass is 525 g/mol. The SMILES string of the molecule is CN=C(NCC(c1ccco1)N1CCCCC1)N1CCN(c2ncccn2)CC1.I. The number of aromatic nitrogens is 2. The lowest BCUT2D eigenvalue weighted by Crippen LogP contribution is -2.54. The van der Waals surface area contributed by atoms with Gasteiger partial charge in [0.2, 0.25) is 5.95 Å². The number of aliphatic imine (C=N–C) groups is 1. The van der Waals surface area contributed by atoms with E-state index in [1.165, 1.54) is 19.3 Å². The number of furan rings is 1. The maximum absolute atomic E-state index is 5.77. The largest absolute Gasteiger partial charge is 0.468 e. The van der Waals surface area contributed by atoms with E-state index in [4.69, 9.17) is 4.42 Å². The first-order valence-electron chi connectivity index (χ1n) is 10.6. The van der Waals surface area contributed by atoms with Crippen LogP contribution in [0.4, 0.5) is 5.95 Å². The van der Waals surface area contributed by atoms with Crippen molar-refractivity contribution in [1.82, 2.24) is 25.1 Å². The summed E-state index contributed by atoms with van der Waals surface area (Å²) in [4.78, 5) is 20.3. The van der Waals surface area contributed by atoms with Gasteiger partial charge in [0.1, 0.15) is 5.76 Å². The van der Waals surface area contributed by atoms with E-state index in [0.717, 1.165) is 63.5 Å². The molecule has 4 heterocycles. The van der Waals surface area contributed by atoms with Gasteiger partial charge in [-0.15, -0.1) is 24.0 Å². The van der Waals surface area contributed by atoms with E-state index in [1.54, 1.807) is 18.7 Å². The highest BCUT2D eigenvalue weighted by molar-refractivity contribution is 14.0. The lowest BCUT2D eigenvalue weighted by molar-refractivity contribution is 0.145. The zero-order valence-corrected chi connectivity index (χ0v) is 19.9. The average molecular weight is 525 g/mol. The number of hydrogen-bond acceptors (Lipinski definition) is 6. The second kappa shape index (κ2) is 11.5. The van der Waals surface area contributed by atoms with Gasteiger partial charge in [0, 0.05) is 52.2 Å². The van der Waals surface area contributed by atoms with Crippen molar-refractivity contribution in [2.75, 3.05) is 57.8 Å². The van der Waals surface area contributed by atoms with E-state index in [9.17, 15) is 0 Å². The Balaban J connectivity index is 0.00000256. The molecule has 0 radical (unpaired) electrons. The van der Waals surface area contributed by atoms with Crippen molar-refractivity contribution in [2.45, 2.75) is 25.3 Å². The zero-order chi connectivity index (χ0) is 19.9. The third kappa shape index (κ3) is 5.63.